The smallest absolute Gasteiger partial charge is 0.152 e. The molecule has 0 amide bonds. The molecule has 2 N–H and O–H groups in total. The second-order valence-electron chi connectivity index (χ2n) is 5.73. The van der Waals surface area contributed by atoms with Crippen LogP contribution in [0.1, 0.15) is 19.2 Å². The molecule has 0 atom stereocenters. The van der Waals surface area contributed by atoms with Crippen molar-refractivity contribution < 1.29 is 8.42 Å². The van der Waals surface area contributed by atoms with Crippen molar-refractivity contribution >= 4 is 37.6 Å². The first-order valence-electron chi connectivity index (χ1n) is 7.61. The van der Waals surface area contributed by atoms with Gasteiger partial charge in [0.25, 0.3) is 0 Å². The molecule has 3 aromatic rings. The summed E-state index contributed by atoms with van der Waals surface area (Å²) in [5, 5.41) is 0.989. The van der Waals surface area contributed by atoms with Crippen molar-refractivity contribution in [2.75, 3.05) is 17.7 Å². The molecular formula is C16H20N4O2S. The van der Waals surface area contributed by atoms with Crippen molar-refractivity contribution in [3.63, 3.8) is 0 Å². The molecule has 0 aliphatic heterocycles. The summed E-state index contributed by atoms with van der Waals surface area (Å²) in [6.07, 6.45) is 2.56. The number of anilines is 1. The predicted molar refractivity (Wildman–Crippen MR) is 93.2 cm³/mol. The average Bonchev–Trinajstić information content (AvgIpc) is 2.86. The maximum absolute atomic E-state index is 11.4. The Balaban J connectivity index is 2.18. The number of nitrogens with zero attached hydrogens (tertiary/aromatic N) is 3. The standard InChI is InChI=1S/C16H20N4O2S/c1-3-13-19-14-15(20(13)9-6-10-23(2,21)22)11-7-4-5-8-12(11)18-16(14)17/h4-5,7-8H,3,6,9-10H2,1-2H3,(H2,17,18). The lowest BCUT2D eigenvalue weighted by atomic mass is 10.2. The molecule has 0 unspecified atom stereocenters. The largest absolute Gasteiger partial charge is 0.382 e. The highest BCUT2D eigenvalue weighted by Gasteiger charge is 2.16. The van der Waals surface area contributed by atoms with E-state index in [0.29, 0.717) is 24.3 Å². The highest BCUT2D eigenvalue weighted by Crippen LogP contribution is 2.29. The number of pyridine rings is 1. The third kappa shape index (κ3) is 3.01. The second kappa shape index (κ2) is 5.81. The van der Waals surface area contributed by atoms with E-state index in [0.717, 1.165) is 28.7 Å². The Morgan fingerprint density at radius 3 is 2.65 bits per heavy atom. The van der Waals surface area contributed by atoms with Gasteiger partial charge in [0.1, 0.15) is 21.2 Å². The number of rotatable bonds is 5. The summed E-state index contributed by atoms with van der Waals surface area (Å²) < 4.78 is 24.9. The Morgan fingerprint density at radius 2 is 1.96 bits per heavy atom. The van der Waals surface area contributed by atoms with Crippen LogP contribution >= 0.6 is 0 Å². The third-order valence-electron chi connectivity index (χ3n) is 3.90. The van der Waals surface area contributed by atoms with Gasteiger partial charge >= 0.3 is 0 Å². The molecule has 2 heterocycles. The summed E-state index contributed by atoms with van der Waals surface area (Å²) in [6.45, 7) is 2.63. The molecule has 6 nitrogen and oxygen atoms in total. The SMILES string of the molecule is CCc1nc2c(N)nc3ccccc3c2n1CCCS(C)(=O)=O. The number of imidazole rings is 1. The summed E-state index contributed by atoms with van der Waals surface area (Å²) in [5.74, 6) is 1.47. The number of aromatic nitrogens is 3. The van der Waals surface area contributed by atoms with Crippen molar-refractivity contribution in [2.45, 2.75) is 26.3 Å². The number of para-hydroxylation sites is 1. The van der Waals surface area contributed by atoms with Gasteiger partial charge in [0.05, 0.1) is 16.8 Å². The summed E-state index contributed by atoms with van der Waals surface area (Å²) in [6, 6.07) is 7.80. The Bertz CT molecular complexity index is 977. The summed E-state index contributed by atoms with van der Waals surface area (Å²) in [7, 11) is -2.97. The number of benzene rings is 1. The molecule has 0 aliphatic rings. The summed E-state index contributed by atoms with van der Waals surface area (Å²) >= 11 is 0. The average molecular weight is 332 g/mol. The van der Waals surface area contributed by atoms with Gasteiger partial charge in [-0.15, -0.1) is 0 Å². The number of fused-ring (bicyclic) bond motifs is 3. The normalized spacial score (nSPS) is 12.3. The third-order valence-corrected chi connectivity index (χ3v) is 4.93. The van der Waals surface area contributed by atoms with Crippen molar-refractivity contribution in [2.24, 2.45) is 0 Å². The molecular weight excluding hydrogens is 312 g/mol. The highest BCUT2D eigenvalue weighted by molar-refractivity contribution is 7.90. The van der Waals surface area contributed by atoms with Gasteiger partial charge in [0.15, 0.2) is 5.82 Å². The lowest BCUT2D eigenvalue weighted by Gasteiger charge is -2.09. The fourth-order valence-electron chi connectivity index (χ4n) is 2.90. The van der Waals surface area contributed by atoms with Gasteiger partial charge in [0, 0.05) is 24.6 Å². The van der Waals surface area contributed by atoms with Crippen LogP contribution in [0.15, 0.2) is 24.3 Å². The number of nitrogens with two attached hydrogens (primary N) is 1. The lowest BCUT2D eigenvalue weighted by molar-refractivity contribution is 0.590. The zero-order valence-electron chi connectivity index (χ0n) is 13.3. The quantitative estimate of drug-likeness (QED) is 0.773. The molecule has 0 saturated heterocycles. The summed E-state index contributed by atoms with van der Waals surface area (Å²) in [4.78, 5) is 9.04. The van der Waals surface area contributed by atoms with Crippen molar-refractivity contribution in [1.29, 1.82) is 0 Å². The minimum atomic E-state index is -2.97. The lowest BCUT2D eigenvalue weighted by Crippen LogP contribution is -2.09. The molecule has 2 aromatic heterocycles. The van der Waals surface area contributed by atoms with Gasteiger partial charge < -0.3 is 10.3 Å². The Labute approximate surface area is 135 Å². The number of nitrogen functional groups attached to an aromatic ring is 1. The molecule has 0 spiro atoms. The van der Waals surface area contributed by atoms with E-state index >= 15 is 0 Å². The Morgan fingerprint density at radius 1 is 1.22 bits per heavy atom. The van der Waals surface area contributed by atoms with Crippen LogP contribution in [0, 0.1) is 0 Å². The minimum absolute atomic E-state index is 0.161. The fraction of sp³-hybridized carbons (Fsp3) is 0.375. The first-order chi connectivity index (χ1) is 10.9. The molecule has 122 valence electrons. The molecule has 0 bridgehead atoms. The van der Waals surface area contributed by atoms with Gasteiger partial charge in [-0.25, -0.2) is 18.4 Å². The van der Waals surface area contributed by atoms with E-state index in [1.807, 2.05) is 31.2 Å². The van der Waals surface area contributed by atoms with Crippen LogP contribution in [0.5, 0.6) is 0 Å². The van der Waals surface area contributed by atoms with E-state index < -0.39 is 9.84 Å². The van der Waals surface area contributed by atoms with Gasteiger partial charge in [-0.2, -0.15) is 0 Å². The van der Waals surface area contributed by atoms with E-state index in [2.05, 4.69) is 14.5 Å². The van der Waals surface area contributed by atoms with Gasteiger partial charge in [0.2, 0.25) is 0 Å². The first kappa shape index (κ1) is 15.7. The molecule has 7 heteroatoms. The Kier molecular flexibility index (Phi) is 3.97. The Hall–Kier alpha value is -2.15. The van der Waals surface area contributed by atoms with Crippen LogP contribution in [-0.4, -0.2) is 35.0 Å². The fourth-order valence-corrected chi connectivity index (χ4v) is 3.55. The number of hydrogen-bond acceptors (Lipinski definition) is 5. The van der Waals surface area contributed by atoms with E-state index in [4.69, 9.17) is 5.73 Å². The number of aryl methyl sites for hydroxylation is 2. The minimum Gasteiger partial charge on any atom is -0.382 e. The van der Waals surface area contributed by atoms with E-state index in [9.17, 15) is 8.42 Å². The first-order valence-corrected chi connectivity index (χ1v) is 9.68. The van der Waals surface area contributed by atoms with Crippen molar-refractivity contribution in [1.82, 2.24) is 14.5 Å². The van der Waals surface area contributed by atoms with Crippen LogP contribution in [0.2, 0.25) is 0 Å². The maximum Gasteiger partial charge on any atom is 0.152 e. The molecule has 0 saturated carbocycles. The van der Waals surface area contributed by atoms with Gasteiger partial charge in [-0.05, 0) is 12.5 Å². The maximum atomic E-state index is 11.4. The molecule has 3 rings (SSSR count). The van der Waals surface area contributed by atoms with Crippen LogP contribution in [-0.2, 0) is 22.8 Å². The second-order valence-corrected chi connectivity index (χ2v) is 7.99. The van der Waals surface area contributed by atoms with Gasteiger partial charge in [-0.3, -0.25) is 0 Å². The van der Waals surface area contributed by atoms with Crippen LogP contribution < -0.4 is 5.73 Å². The molecule has 0 fully saturated rings. The van der Waals surface area contributed by atoms with Crippen molar-refractivity contribution in [3.05, 3.63) is 30.1 Å². The number of hydrogen-bond donors (Lipinski definition) is 1. The summed E-state index contributed by atoms with van der Waals surface area (Å²) in [5.41, 5.74) is 8.54. The zero-order valence-corrected chi connectivity index (χ0v) is 14.1. The number of sulfone groups is 1. The molecule has 0 radical (unpaired) electrons. The molecule has 0 aliphatic carbocycles. The monoisotopic (exact) mass is 332 g/mol. The van der Waals surface area contributed by atoms with Crippen molar-refractivity contribution in [3.8, 4) is 0 Å². The van der Waals surface area contributed by atoms with Crippen LogP contribution in [0.25, 0.3) is 21.9 Å². The van der Waals surface area contributed by atoms with Crippen LogP contribution in [0.3, 0.4) is 0 Å². The molecule has 23 heavy (non-hydrogen) atoms. The molecule has 1 aromatic carbocycles. The van der Waals surface area contributed by atoms with E-state index in [1.165, 1.54) is 6.26 Å². The van der Waals surface area contributed by atoms with Gasteiger partial charge in [-0.1, -0.05) is 25.1 Å². The highest BCUT2D eigenvalue weighted by atomic mass is 32.2. The zero-order chi connectivity index (χ0) is 16.6. The van der Waals surface area contributed by atoms with E-state index in [1.54, 1.807) is 0 Å². The topological polar surface area (TPSA) is 90.9 Å². The predicted octanol–water partition coefficient (Wildman–Crippen LogP) is 2.16. The van der Waals surface area contributed by atoms with Crippen LogP contribution in [0.4, 0.5) is 5.82 Å². The van der Waals surface area contributed by atoms with E-state index in [-0.39, 0.29) is 5.75 Å².